The number of esters is 1. The molecule has 7 heteroatoms. The molecule has 1 rings (SSSR count). The minimum atomic E-state index is -3.84. The maximum absolute atomic E-state index is 12.1. The van der Waals surface area contributed by atoms with Crippen LogP contribution in [0.2, 0.25) is 0 Å². The molecule has 0 bridgehead atoms. The first-order chi connectivity index (χ1) is 10.3. The van der Waals surface area contributed by atoms with Gasteiger partial charge in [-0.2, -0.15) is 0 Å². The fourth-order valence-electron chi connectivity index (χ4n) is 1.55. The first-order valence-electron chi connectivity index (χ1n) is 6.63. The molecule has 120 valence electrons. The van der Waals surface area contributed by atoms with Crippen molar-refractivity contribution in [3.05, 3.63) is 47.7 Å². The average Bonchev–Trinajstić information content (AvgIpc) is 2.47. The Morgan fingerprint density at radius 2 is 1.95 bits per heavy atom. The Kier molecular flexibility index (Phi) is 6.52. The third-order valence-corrected chi connectivity index (χ3v) is 3.97. The minimum absolute atomic E-state index is 0.00783. The highest BCUT2D eigenvalue weighted by atomic mass is 32.2. The molecule has 0 aliphatic carbocycles. The molecule has 6 nitrogen and oxygen atoms in total. The SMILES string of the molecule is C=C=C(C(=O)OCC)C(C)ONS(=O)(=O)c1ccc(C)cc1. The Balaban J connectivity index is 2.77. The fraction of sp³-hybridized carbons (Fsp3) is 0.333. The molecular weight excluding hydrogens is 306 g/mol. The third-order valence-electron chi connectivity index (χ3n) is 2.76. The van der Waals surface area contributed by atoms with Crippen molar-refractivity contribution in [3.8, 4) is 0 Å². The van der Waals surface area contributed by atoms with Crippen LogP contribution in [0.5, 0.6) is 0 Å². The molecule has 0 aliphatic heterocycles. The van der Waals surface area contributed by atoms with Crippen LogP contribution in [0.1, 0.15) is 19.4 Å². The molecule has 0 radical (unpaired) electrons. The molecule has 1 N–H and O–H groups in total. The Bertz CT molecular complexity index is 672. The highest BCUT2D eigenvalue weighted by Crippen LogP contribution is 2.12. The van der Waals surface area contributed by atoms with Gasteiger partial charge in [-0.1, -0.05) is 29.2 Å². The van der Waals surface area contributed by atoms with Crippen molar-refractivity contribution < 1.29 is 22.8 Å². The molecule has 0 aliphatic rings. The van der Waals surface area contributed by atoms with Gasteiger partial charge in [0.1, 0.15) is 11.7 Å². The predicted molar refractivity (Wildman–Crippen MR) is 81.3 cm³/mol. The second-order valence-corrected chi connectivity index (χ2v) is 6.12. The summed E-state index contributed by atoms with van der Waals surface area (Å²) in [5.74, 6) is -0.653. The predicted octanol–water partition coefficient (Wildman–Crippen LogP) is 1.87. The Labute approximate surface area is 130 Å². The highest BCUT2D eigenvalue weighted by Gasteiger charge is 2.22. The van der Waals surface area contributed by atoms with E-state index in [1.807, 2.05) is 11.8 Å². The molecule has 0 heterocycles. The van der Waals surface area contributed by atoms with Gasteiger partial charge in [-0.3, -0.25) is 4.84 Å². The maximum atomic E-state index is 12.1. The molecule has 1 aromatic carbocycles. The summed E-state index contributed by atoms with van der Waals surface area (Å²) in [6, 6.07) is 6.26. The van der Waals surface area contributed by atoms with Crippen LogP contribution in [0.3, 0.4) is 0 Å². The Hall–Kier alpha value is -1.92. The standard InChI is InChI=1S/C15H19NO5S/c1-5-14(15(17)20-6-2)12(4)21-16-22(18,19)13-9-7-11(3)8-10-13/h7-10,12,16H,1,6H2,2-4H3. The fourth-order valence-corrected chi connectivity index (χ4v) is 2.41. The molecule has 0 spiro atoms. The van der Waals surface area contributed by atoms with E-state index in [2.05, 4.69) is 12.3 Å². The number of ether oxygens (including phenoxy) is 1. The van der Waals surface area contributed by atoms with Crippen molar-refractivity contribution in [2.75, 3.05) is 6.61 Å². The zero-order chi connectivity index (χ0) is 16.8. The zero-order valence-corrected chi connectivity index (χ0v) is 13.6. The lowest BCUT2D eigenvalue weighted by molar-refractivity contribution is -0.140. The lowest BCUT2D eigenvalue weighted by Crippen LogP contribution is -2.31. The van der Waals surface area contributed by atoms with Crippen molar-refractivity contribution in [2.24, 2.45) is 0 Å². The van der Waals surface area contributed by atoms with Gasteiger partial charge in [-0.25, -0.2) is 13.2 Å². The van der Waals surface area contributed by atoms with Crippen molar-refractivity contribution in [1.29, 1.82) is 0 Å². The number of hydrogen-bond donors (Lipinski definition) is 1. The number of carbonyl (C=O) groups is 1. The number of sulfonamides is 1. The van der Waals surface area contributed by atoms with Gasteiger partial charge in [0.2, 0.25) is 0 Å². The van der Waals surface area contributed by atoms with Crippen LogP contribution >= 0.6 is 0 Å². The first-order valence-corrected chi connectivity index (χ1v) is 8.11. The summed E-state index contributed by atoms with van der Waals surface area (Å²) in [4.78, 5) is 18.7. The van der Waals surface area contributed by atoms with E-state index < -0.39 is 22.1 Å². The summed E-state index contributed by atoms with van der Waals surface area (Å²) in [7, 11) is -3.84. The lowest BCUT2D eigenvalue weighted by Gasteiger charge is -2.14. The quantitative estimate of drug-likeness (QED) is 0.358. The smallest absolute Gasteiger partial charge is 0.344 e. The molecule has 1 atom stereocenters. The first kappa shape index (κ1) is 18.1. The Morgan fingerprint density at radius 3 is 2.45 bits per heavy atom. The van der Waals surface area contributed by atoms with Gasteiger partial charge >= 0.3 is 5.97 Å². The molecular formula is C15H19NO5S. The van der Waals surface area contributed by atoms with Gasteiger partial charge in [0.15, 0.2) is 0 Å². The number of rotatable bonds is 7. The second kappa shape index (κ2) is 7.91. The van der Waals surface area contributed by atoms with Gasteiger partial charge in [0.25, 0.3) is 10.0 Å². The van der Waals surface area contributed by atoms with E-state index in [1.165, 1.54) is 19.1 Å². The number of carbonyl (C=O) groups excluding carboxylic acids is 1. The van der Waals surface area contributed by atoms with Gasteiger partial charge in [0, 0.05) is 0 Å². The van der Waals surface area contributed by atoms with Crippen LogP contribution in [0.25, 0.3) is 0 Å². The number of benzene rings is 1. The molecule has 0 saturated carbocycles. The van der Waals surface area contributed by atoms with Crippen molar-refractivity contribution in [2.45, 2.75) is 31.8 Å². The summed E-state index contributed by atoms with van der Waals surface area (Å²) in [5.41, 5.74) is 3.35. The summed E-state index contributed by atoms with van der Waals surface area (Å²) in [6.07, 6.45) is -0.892. The lowest BCUT2D eigenvalue weighted by atomic mass is 10.2. The van der Waals surface area contributed by atoms with E-state index in [4.69, 9.17) is 9.57 Å². The number of nitrogens with one attached hydrogen (secondary N) is 1. The van der Waals surface area contributed by atoms with E-state index in [9.17, 15) is 13.2 Å². The average molecular weight is 325 g/mol. The topological polar surface area (TPSA) is 81.7 Å². The van der Waals surface area contributed by atoms with E-state index in [1.54, 1.807) is 19.1 Å². The van der Waals surface area contributed by atoms with Gasteiger partial charge in [-0.05, 0) is 32.9 Å². The van der Waals surface area contributed by atoms with Crippen molar-refractivity contribution >= 4 is 16.0 Å². The summed E-state index contributed by atoms with van der Waals surface area (Å²) >= 11 is 0. The van der Waals surface area contributed by atoms with Crippen LogP contribution in [0.4, 0.5) is 0 Å². The minimum Gasteiger partial charge on any atom is -0.462 e. The largest absolute Gasteiger partial charge is 0.462 e. The van der Waals surface area contributed by atoms with Crippen LogP contribution in [0.15, 0.2) is 47.0 Å². The summed E-state index contributed by atoms with van der Waals surface area (Å²) < 4.78 is 28.9. The van der Waals surface area contributed by atoms with Crippen LogP contribution in [0, 0.1) is 6.92 Å². The van der Waals surface area contributed by atoms with Gasteiger partial charge in [-0.15, -0.1) is 5.73 Å². The van der Waals surface area contributed by atoms with Crippen LogP contribution in [-0.2, 0) is 24.4 Å². The van der Waals surface area contributed by atoms with Crippen molar-refractivity contribution in [1.82, 2.24) is 4.89 Å². The molecule has 0 aromatic heterocycles. The molecule has 0 amide bonds. The van der Waals surface area contributed by atoms with E-state index in [0.717, 1.165) is 5.56 Å². The van der Waals surface area contributed by atoms with E-state index >= 15 is 0 Å². The molecule has 1 aromatic rings. The zero-order valence-electron chi connectivity index (χ0n) is 12.8. The van der Waals surface area contributed by atoms with E-state index in [-0.39, 0.29) is 17.1 Å². The third kappa shape index (κ3) is 4.82. The molecule has 0 fully saturated rings. The maximum Gasteiger partial charge on any atom is 0.344 e. The molecule has 0 saturated heterocycles. The van der Waals surface area contributed by atoms with Crippen molar-refractivity contribution in [3.63, 3.8) is 0 Å². The normalized spacial score (nSPS) is 12.3. The highest BCUT2D eigenvalue weighted by molar-refractivity contribution is 7.89. The van der Waals surface area contributed by atoms with Gasteiger partial charge < -0.3 is 4.74 Å². The molecule has 22 heavy (non-hydrogen) atoms. The monoisotopic (exact) mass is 325 g/mol. The molecule has 1 unspecified atom stereocenters. The van der Waals surface area contributed by atoms with E-state index in [0.29, 0.717) is 0 Å². The van der Waals surface area contributed by atoms with Crippen LogP contribution < -0.4 is 4.89 Å². The number of aryl methyl sites for hydroxylation is 1. The second-order valence-electron chi connectivity index (χ2n) is 4.47. The summed E-state index contributed by atoms with van der Waals surface area (Å²) in [5, 5.41) is 0. The summed E-state index contributed by atoms with van der Waals surface area (Å²) in [6.45, 7) is 8.56. The van der Waals surface area contributed by atoms with Crippen LogP contribution in [-0.4, -0.2) is 27.1 Å². The van der Waals surface area contributed by atoms with Gasteiger partial charge in [0.05, 0.1) is 11.5 Å². The Morgan fingerprint density at radius 1 is 1.36 bits per heavy atom. The number of hydrogen-bond acceptors (Lipinski definition) is 5.